The van der Waals surface area contributed by atoms with E-state index in [-0.39, 0.29) is 5.91 Å². The van der Waals surface area contributed by atoms with Crippen molar-refractivity contribution in [2.24, 2.45) is 5.92 Å². The minimum atomic E-state index is 0.102. The van der Waals surface area contributed by atoms with Crippen LogP contribution < -0.4 is 0 Å². The van der Waals surface area contributed by atoms with E-state index in [1.807, 2.05) is 58.1 Å². The minimum absolute atomic E-state index is 0.102. The van der Waals surface area contributed by atoms with Crippen LogP contribution in [-0.4, -0.2) is 34.0 Å². The first-order valence-corrected chi connectivity index (χ1v) is 10.8. The number of fused-ring (bicyclic) bond motifs is 1. The molecular formula is C23H21N3O2S. The maximum absolute atomic E-state index is 13.1. The fraction of sp³-hybridized carbons (Fsp3) is 0.261. The van der Waals surface area contributed by atoms with Crippen LogP contribution in [-0.2, 0) is 6.42 Å². The van der Waals surface area contributed by atoms with E-state index in [4.69, 9.17) is 4.52 Å². The SMILES string of the molecule is O=C(c1ccc2ccccc2c1)N1CCCC(Cc2nc(-c3ccsc3)no2)C1. The van der Waals surface area contributed by atoms with Crippen molar-refractivity contribution in [1.82, 2.24) is 15.0 Å². The van der Waals surface area contributed by atoms with Gasteiger partial charge >= 0.3 is 0 Å². The first-order chi connectivity index (χ1) is 14.3. The van der Waals surface area contributed by atoms with E-state index in [1.165, 1.54) is 0 Å². The lowest BCUT2D eigenvalue weighted by molar-refractivity contribution is 0.0668. The summed E-state index contributed by atoms with van der Waals surface area (Å²) in [4.78, 5) is 19.6. The fourth-order valence-electron chi connectivity index (χ4n) is 4.01. The van der Waals surface area contributed by atoms with Gasteiger partial charge in [-0.2, -0.15) is 16.3 Å². The maximum atomic E-state index is 13.1. The second-order valence-electron chi connectivity index (χ2n) is 7.55. The number of hydrogen-bond donors (Lipinski definition) is 0. The van der Waals surface area contributed by atoms with Crippen LogP contribution in [0.1, 0.15) is 29.1 Å². The Kier molecular flexibility index (Phi) is 4.86. The van der Waals surface area contributed by atoms with Crippen LogP contribution in [0.2, 0.25) is 0 Å². The lowest BCUT2D eigenvalue weighted by atomic mass is 9.94. The lowest BCUT2D eigenvalue weighted by Crippen LogP contribution is -2.40. The first kappa shape index (κ1) is 18.1. The van der Waals surface area contributed by atoms with Gasteiger partial charge in [0.05, 0.1) is 0 Å². The molecule has 146 valence electrons. The van der Waals surface area contributed by atoms with Crippen molar-refractivity contribution < 1.29 is 9.32 Å². The normalized spacial score (nSPS) is 17.0. The summed E-state index contributed by atoms with van der Waals surface area (Å²) in [5.74, 6) is 1.73. The third-order valence-electron chi connectivity index (χ3n) is 5.51. The number of aromatic nitrogens is 2. The topological polar surface area (TPSA) is 59.2 Å². The molecule has 0 N–H and O–H groups in total. The number of amides is 1. The predicted octanol–water partition coefficient (Wildman–Crippen LogP) is 5.05. The second-order valence-corrected chi connectivity index (χ2v) is 8.33. The molecule has 1 amide bonds. The fourth-order valence-corrected chi connectivity index (χ4v) is 4.65. The summed E-state index contributed by atoms with van der Waals surface area (Å²) >= 11 is 1.62. The molecular weight excluding hydrogens is 382 g/mol. The van der Waals surface area contributed by atoms with Gasteiger partial charge in [0.2, 0.25) is 11.7 Å². The summed E-state index contributed by atoms with van der Waals surface area (Å²) in [6.07, 6.45) is 2.77. The Bertz CT molecular complexity index is 1140. The number of thiophene rings is 1. The third-order valence-corrected chi connectivity index (χ3v) is 6.20. The zero-order valence-electron chi connectivity index (χ0n) is 16.0. The summed E-state index contributed by atoms with van der Waals surface area (Å²) in [6, 6.07) is 16.1. The van der Waals surface area contributed by atoms with Crippen LogP contribution in [0.3, 0.4) is 0 Å². The number of hydrogen-bond acceptors (Lipinski definition) is 5. The Hall–Kier alpha value is -2.99. The van der Waals surface area contributed by atoms with Gasteiger partial charge in [-0.25, -0.2) is 0 Å². The Morgan fingerprint density at radius 1 is 1.17 bits per heavy atom. The lowest BCUT2D eigenvalue weighted by Gasteiger charge is -2.32. The Morgan fingerprint density at radius 2 is 2.07 bits per heavy atom. The number of likely N-dealkylation sites (tertiary alicyclic amines) is 1. The highest BCUT2D eigenvalue weighted by atomic mass is 32.1. The average molecular weight is 404 g/mol. The molecule has 0 radical (unpaired) electrons. The van der Waals surface area contributed by atoms with Gasteiger partial charge in [0.25, 0.3) is 5.91 Å². The van der Waals surface area contributed by atoms with Crippen LogP contribution in [0.15, 0.2) is 63.8 Å². The molecule has 1 saturated heterocycles. The molecule has 2 aromatic heterocycles. The number of rotatable bonds is 4. The van der Waals surface area contributed by atoms with E-state index in [9.17, 15) is 4.79 Å². The van der Waals surface area contributed by atoms with E-state index in [1.54, 1.807) is 11.3 Å². The van der Waals surface area contributed by atoms with Gasteiger partial charge in [-0.15, -0.1) is 0 Å². The van der Waals surface area contributed by atoms with E-state index in [0.717, 1.165) is 47.8 Å². The molecule has 2 aromatic carbocycles. The Labute approximate surface area is 173 Å². The van der Waals surface area contributed by atoms with E-state index < -0.39 is 0 Å². The van der Waals surface area contributed by atoms with Gasteiger partial charge in [0.1, 0.15) is 0 Å². The maximum Gasteiger partial charge on any atom is 0.253 e. The van der Waals surface area contributed by atoms with E-state index in [2.05, 4.69) is 16.2 Å². The van der Waals surface area contributed by atoms with Crippen molar-refractivity contribution in [1.29, 1.82) is 0 Å². The van der Waals surface area contributed by atoms with Crippen molar-refractivity contribution in [3.8, 4) is 11.4 Å². The standard InChI is InChI=1S/C23H21N3O2S/c27-23(19-8-7-17-5-1-2-6-18(17)13-19)26-10-3-4-16(14-26)12-21-24-22(25-28-21)20-9-11-29-15-20/h1-2,5-9,11,13,15-16H,3-4,10,12,14H2. The summed E-state index contributed by atoms with van der Waals surface area (Å²) in [6.45, 7) is 1.52. The monoisotopic (exact) mass is 403 g/mol. The Balaban J connectivity index is 1.28. The molecule has 5 nitrogen and oxygen atoms in total. The molecule has 4 aromatic rings. The highest BCUT2D eigenvalue weighted by molar-refractivity contribution is 7.08. The minimum Gasteiger partial charge on any atom is -0.339 e. The molecule has 0 saturated carbocycles. The molecule has 5 rings (SSSR count). The quantitative estimate of drug-likeness (QED) is 0.479. The average Bonchev–Trinajstić information content (AvgIpc) is 3.45. The highest BCUT2D eigenvalue weighted by Gasteiger charge is 2.26. The summed E-state index contributed by atoms with van der Waals surface area (Å²) < 4.78 is 5.46. The zero-order valence-corrected chi connectivity index (χ0v) is 16.8. The van der Waals surface area contributed by atoms with Gasteiger partial charge in [0, 0.05) is 36.0 Å². The number of carbonyl (C=O) groups excluding carboxylic acids is 1. The van der Waals surface area contributed by atoms with Gasteiger partial charge in [-0.1, -0.05) is 35.5 Å². The second kappa shape index (κ2) is 7.79. The molecule has 1 unspecified atom stereocenters. The smallest absolute Gasteiger partial charge is 0.253 e. The predicted molar refractivity (Wildman–Crippen MR) is 114 cm³/mol. The molecule has 3 heterocycles. The molecule has 1 atom stereocenters. The van der Waals surface area contributed by atoms with Crippen molar-refractivity contribution in [2.75, 3.05) is 13.1 Å². The molecule has 1 aliphatic heterocycles. The van der Waals surface area contributed by atoms with Crippen LogP contribution >= 0.6 is 11.3 Å². The van der Waals surface area contributed by atoms with Crippen molar-refractivity contribution in [2.45, 2.75) is 19.3 Å². The highest BCUT2D eigenvalue weighted by Crippen LogP contribution is 2.25. The van der Waals surface area contributed by atoms with Crippen LogP contribution in [0.25, 0.3) is 22.2 Å². The number of piperidine rings is 1. The molecule has 29 heavy (non-hydrogen) atoms. The van der Waals surface area contributed by atoms with Crippen molar-refractivity contribution in [3.63, 3.8) is 0 Å². The summed E-state index contributed by atoms with van der Waals surface area (Å²) in [7, 11) is 0. The van der Waals surface area contributed by atoms with E-state index in [0.29, 0.717) is 24.1 Å². The third kappa shape index (κ3) is 3.80. The van der Waals surface area contributed by atoms with Crippen molar-refractivity contribution in [3.05, 3.63) is 70.7 Å². The van der Waals surface area contributed by atoms with Gasteiger partial charge in [-0.3, -0.25) is 4.79 Å². The number of carbonyl (C=O) groups is 1. The molecule has 6 heteroatoms. The van der Waals surface area contributed by atoms with Crippen LogP contribution in [0, 0.1) is 5.92 Å². The first-order valence-electron chi connectivity index (χ1n) is 9.89. The summed E-state index contributed by atoms with van der Waals surface area (Å²) in [5.41, 5.74) is 1.74. The summed E-state index contributed by atoms with van der Waals surface area (Å²) in [5, 5.41) is 10.4. The largest absolute Gasteiger partial charge is 0.339 e. The molecule has 0 bridgehead atoms. The zero-order chi connectivity index (χ0) is 19.6. The number of nitrogens with zero attached hydrogens (tertiary/aromatic N) is 3. The molecule has 1 aliphatic rings. The van der Waals surface area contributed by atoms with Crippen LogP contribution in [0.4, 0.5) is 0 Å². The van der Waals surface area contributed by atoms with Gasteiger partial charge in [-0.05, 0) is 53.1 Å². The Morgan fingerprint density at radius 3 is 2.93 bits per heavy atom. The molecule has 0 aliphatic carbocycles. The van der Waals surface area contributed by atoms with Crippen molar-refractivity contribution >= 4 is 28.0 Å². The molecule has 0 spiro atoms. The van der Waals surface area contributed by atoms with Crippen LogP contribution in [0.5, 0.6) is 0 Å². The number of benzene rings is 2. The molecule has 1 fully saturated rings. The van der Waals surface area contributed by atoms with Gasteiger partial charge < -0.3 is 9.42 Å². The van der Waals surface area contributed by atoms with Gasteiger partial charge in [0.15, 0.2) is 0 Å². The van der Waals surface area contributed by atoms with E-state index >= 15 is 0 Å².